The first kappa shape index (κ1) is 29.4. The van der Waals surface area contributed by atoms with E-state index >= 15 is 0 Å². The monoisotopic (exact) mass is 541 g/mol. The first-order valence-electron chi connectivity index (χ1n) is 16.8. The third kappa shape index (κ3) is 5.52. The molecule has 4 fully saturated rings. The lowest BCUT2D eigenvalue weighted by molar-refractivity contribution is -0.0564. The summed E-state index contributed by atoms with van der Waals surface area (Å²) in [4.78, 5) is 0. The molecule has 2 nitrogen and oxygen atoms in total. The molecular formula is C35H61O2Si. The van der Waals surface area contributed by atoms with Crippen LogP contribution in [0.4, 0.5) is 0 Å². The smallest absolute Gasteiger partial charge is 0.220 e. The molecule has 38 heavy (non-hydrogen) atoms. The zero-order valence-corrected chi connectivity index (χ0v) is 27.3. The Kier molecular flexibility index (Phi) is 8.45. The summed E-state index contributed by atoms with van der Waals surface area (Å²) in [5.74, 6) is 5.05. The molecule has 0 aromatic heterocycles. The van der Waals surface area contributed by atoms with Crippen molar-refractivity contribution in [2.24, 2.45) is 46.3 Å². The molecule has 1 unspecified atom stereocenters. The van der Waals surface area contributed by atoms with Gasteiger partial charge < -0.3 is 9.53 Å². The summed E-state index contributed by atoms with van der Waals surface area (Å²) < 4.78 is 6.98. The molecule has 5 rings (SSSR count). The molecule has 0 aromatic carbocycles. The highest BCUT2D eigenvalue weighted by atomic mass is 28.3. The van der Waals surface area contributed by atoms with Gasteiger partial charge >= 0.3 is 0 Å². The highest BCUT2D eigenvalue weighted by Crippen LogP contribution is 2.67. The second-order valence-electron chi connectivity index (χ2n) is 16.6. The van der Waals surface area contributed by atoms with Crippen molar-refractivity contribution in [3.63, 3.8) is 0 Å². The third-order valence-corrected chi connectivity index (χ3v) is 15.8. The van der Waals surface area contributed by atoms with Gasteiger partial charge in [-0.3, -0.25) is 0 Å². The van der Waals surface area contributed by atoms with Crippen molar-refractivity contribution >= 4 is 9.04 Å². The first-order valence-corrected chi connectivity index (χ1v) is 18.2. The molecule has 0 bridgehead atoms. The van der Waals surface area contributed by atoms with E-state index in [1.165, 1.54) is 77.0 Å². The SMILES string of the molecule is CC(C)[Si](O[C@H]1CC[C@@]2(C)C(=CC[C@H]3[C@@H]4CC[C@H]([C@H](C)CCCC(O)C5CC5)[C@@]4(C)CC[C@@H]32)C1)C(C)(C)C. The van der Waals surface area contributed by atoms with E-state index < -0.39 is 9.04 Å². The Balaban J connectivity index is 1.23. The van der Waals surface area contributed by atoms with Gasteiger partial charge in [0.25, 0.3) is 0 Å². The molecule has 9 atom stereocenters. The van der Waals surface area contributed by atoms with Gasteiger partial charge in [0, 0.05) is 6.10 Å². The van der Waals surface area contributed by atoms with Gasteiger partial charge in [0.2, 0.25) is 9.04 Å². The summed E-state index contributed by atoms with van der Waals surface area (Å²) in [6.07, 6.45) is 20.2. The molecule has 5 aliphatic rings. The van der Waals surface area contributed by atoms with Gasteiger partial charge in [0.1, 0.15) is 0 Å². The summed E-state index contributed by atoms with van der Waals surface area (Å²) in [7, 11) is -0.843. The fraction of sp³-hybridized carbons (Fsp3) is 0.943. The fourth-order valence-electron chi connectivity index (χ4n) is 10.6. The zero-order chi connectivity index (χ0) is 27.5. The van der Waals surface area contributed by atoms with E-state index in [2.05, 4.69) is 61.5 Å². The minimum atomic E-state index is -0.843. The number of rotatable bonds is 9. The molecule has 1 radical (unpaired) electrons. The van der Waals surface area contributed by atoms with Crippen molar-refractivity contribution in [3.05, 3.63) is 11.6 Å². The van der Waals surface area contributed by atoms with Crippen LogP contribution in [-0.2, 0) is 4.43 Å². The largest absolute Gasteiger partial charge is 0.413 e. The lowest BCUT2D eigenvalue weighted by Crippen LogP contribution is -2.51. The molecule has 5 aliphatic carbocycles. The Morgan fingerprint density at radius 2 is 1.71 bits per heavy atom. The first-order chi connectivity index (χ1) is 17.8. The summed E-state index contributed by atoms with van der Waals surface area (Å²) in [5, 5.41) is 10.7. The Morgan fingerprint density at radius 1 is 0.974 bits per heavy atom. The number of fused-ring (bicyclic) bond motifs is 5. The predicted molar refractivity (Wildman–Crippen MR) is 162 cm³/mol. The van der Waals surface area contributed by atoms with E-state index in [1.54, 1.807) is 5.57 Å². The maximum atomic E-state index is 10.4. The van der Waals surface area contributed by atoms with E-state index in [9.17, 15) is 5.11 Å². The molecular weight excluding hydrogens is 480 g/mol. The molecule has 0 aliphatic heterocycles. The molecule has 0 aromatic rings. The standard InChI is InChI=1S/C35H61O2Si/c1-23(2)38(33(4,5)6)37-27-18-20-34(7)26(22-27)14-15-28-30-17-16-29(35(30,8)21-19-31(28)34)24(3)10-9-11-32(36)25-12-13-25/h14,23-25,27-32,36H,9-13,15-22H2,1-8H3/t24-,27+,28+,29-,30+,31+,32?,34+,35-/m1/s1. The van der Waals surface area contributed by atoms with Crippen molar-refractivity contribution < 1.29 is 9.53 Å². The van der Waals surface area contributed by atoms with Gasteiger partial charge in [-0.25, -0.2) is 0 Å². The topological polar surface area (TPSA) is 29.5 Å². The van der Waals surface area contributed by atoms with Crippen molar-refractivity contribution in [2.45, 2.75) is 162 Å². The number of aliphatic hydroxyl groups excluding tert-OH is 1. The second-order valence-corrected chi connectivity index (χ2v) is 20.2. The maximum absolute atomic E-state index is 10.4. The van der Waals surface area contributed by atoms with Gasteiger partial charge in [-0.2, -0.15) is 0 Å². The molecule has 217 valence electrons. The van der Waals surface area contributed by atoms with Crippen LogP contribution in [0.15, 0.2) is 11.6 Å². The molecule has 1 N–H and O–H groups in total. The quantitative estimate of drug-likeness (QED) is 0.232. The van der Waals surface area contributed by atoms with Crippen LogP contribution in [0.1, 0.15) is 139 Å². The van der Waals surface area contributed by atoms with Crippen LogP contribution in [0.2, 0.25) is 10.6 Å². The highest BCUT2D eigenvalue weighted by molar-refractivity contribution is 6.56. The molecule has 0 spiro atoms. The van der Waals surface area contributed by atoms with E-state index in [4.69, 9.17) is 4.43 Å². The summed E-state index contributed by atoms with van der Waals surface area (Å²) in [5.41, 5.74) is 3.39. The van der Waals surface area contributed by atoms with Crippen LogP contribution in [0.3, 0.4) is 0 Å². The molecule has 4 saturated carbocycles. The average molecular weight is 542 g/mol. The zero-order valence-electron chi connectivity index (χ0n) is 26.3. The van der Waals surface area contributed by atoms with Gasteiger partial charge in [0.05, 0.1) is 6.10 Å². The Labute approximate surface area is 237 Å². The Bertz CT molecular complexity index is 854. The van der Waals surface area contributed by atoms with Crippen LogP contribution >= 0.6 is 0 Å². The Hall–Kier alpha value is -0.123. The van der Waals surface area contributed by atoms with Crippen LogP contribution < -0.4 is 0 Å². The number of hydrogen-bond acceptors (Lipinski definition) is 2. The van der Waals surface area contributed by atoms with Crippen molar-refractivity contribution in [3.8, 4) is 0 Å². The lowest BCUT2D eigenvalue weighted by Gasteiger charge is -2.58. The Morgan fingerprint density at radius 3 is 2.37 bits per heavy atom. The highest BCUT2D eigenvalue weighted by Gasteiger charge is 2.59. The van der Waals surface area contributed by atoms with Crippen LogP contribution in [-0.4, -0.2) is 26.4 Å². The molecule has 0 saturated heterocycles. The number of hydrogen-bond donors (Lipinski definition) is 1. The van der Waals surface area contributed by atoms with Crippen molar-refractivity contribution in [1.29, 1.82) is 0 Å². The minimum absolute atomic E-state index is 0.0135. The maximum Gasteiger partial charge on any atom is 0.220 e. The van der Waals surface area contributed by atoms with E-state index in [0.29, 0.717) is 33.4 Å². The van der Waals surface area contributed by atoms with Crippen LogP contribution in [0.5, 0.6) is 0 Å². The second kappa shape index (κ2) is 10.9. The average Bonchev–Trinajstić information content (AvgIpc) is 3.62. The van der Waals surface area contributed by atoms with Gasteiger partial charge in [-0.1, -0.05) is 79.9 Å². The van der Waals surface area contributed by atoms with E-state index in [-0.39, 0.29) is 6.10 Å². The predicted octanol–water partition coefficient (Wildman–Crippen LogP) is 9.73. The molecule has 3 heteroatoms. The normalized spacial score (nSPS) is 40.9. The van der Waals surface area contributed by atoms with Gasteiger partial charge in [-0.15, -0.1) is 0 Å². The minimum Gasteiger partial charge on any atom is -0.413 e. The number of allylic oxidation sites excluding steroid dienone is 1. The van der Waals surface area contributed by atoms with Crippen molar-refractivity contribution in [1.82, 2.24) is 0 Å². The number of aliphatic hydroxyl groups is 1. The molecule has 0 amide bonds. The summed E-state index contributed by atoms with van der Waals surface area (Å²) in [6.45, 7) is 19.9. The lowest BCUT2D eigenvalue weighted by atomic mass is 9.47. The van der Waals surface area contributed by atoms with Crippen molar-refractivity contribution in [2.75, 3.05) is 0 Å². The summed E-state index contributed by atoms with van der Waals surface area (Å²) >= 11 is 0. The van der Waals surface area contributed by atoms with Crippen LogP contribution in [0, 0.1) is 46.3 Å². The third-order valence-electron chi connectivity index (χ3n) is 12.7. The molecule has 0 heterocycles. The van der Waals surface area contributed by atoms with E-state index in [1.807, 2.05) is 0 Å². The van der Waals surface area contributed by atoms with Crippen LogP contribution in [0.25, 0.3) is 0 Å². The van der Waals surface area contributed by atoms with Gasteiger partial charge in [-0.05, 0) is 128 Å². The fourth-order valence-corrected chi connectivity index (χ4v) is 13.5. The van der Waals surface area contributed by atoms with Gasteiger partial charge in [0.15, 0.2) is 0 Å². The van der Waals surface area contributed by atoms with E-state index in [0.717, 1.165) is 36.0 Å². The summed E-state index contributed by atoms with van der Waals surface area (Å²) in [6, 6.07) is 0.